The van der Waals surface area contributed by atoms with Gasteiger partial charge < -0.3 is 18.0 Å². The first kappa shape index (κ1) is 31.4. The van der Waals surface area contributed by atoms with Gasteiger partial charge in [0.15, 0.2) is 0 Å². The lowest BCUT2D eigenvalue weighted by Crippen LogP contribution is -1.94. The highest BCUT2D eigenvalue weighted by atomic mass is 16.3. The van der Waals surface area contributed by atoms with E-state index in [4.69, 9.17) is 8.83 Å². The Morgan fingerprint density at radius 2 is 0.776 bits per heavy atom. The van der Waals surface area contributed by atoms with Gasteiger partial charge in [0.05, 0.1) is 27.5 Å². The Kier molecular flexibility index (Phi) is 6.41. The summed E-state index contributed by atoms with van der Waals surface area (Å²) in [7, 11) is 0. The molecule has 13 aromatic rings. The van der Waals surface area contributed by atoms with Gasteiger partial charge in [-0.15, -0.1) is 0 Å². The molecule has 13 rings (SSSR count). The Labute approximate surface area is 332 Å². The molecule has 0 bridgehead atoms. The average Bonchev–Trinajstić information content (AvgIpc) is 4.03. The van der Waals surface area contributed by atoms with Crippen molar-refractivity contribution in [3.8, 4) is 33.6 Å². The van der Waals surface area contributed by atoms with Crippen molar-refractivity contribution in [2.24, 2.45) is 0 Å². The van der Waals surface area contributed by atoms with Crippen LogP contribution in [0.5, 0.6) is 0 Å². The molecule has 0 radical (unpaired) electrons. The van der Waals surface area contributed by atoms with Crippen LogP contribution in [0.4, 0.5) is 0 Å². The quantitative estimate of drug-likeness (QED) is 0.180. The predicted octanol–water partition coefficient (Wildman–Crippen LogP) is 15.0. The average molecular weight is 741 g/mol. The maximum Gasteiger partial charge on any atom is 0.147 e. The largest absolute Gasteiger partial charge is 0.456 e. The third-order valence-electron chi connectivity index (χ3n) is 12.1. The third-order valence-corrected chi connectivity index (χ3v) is 12.1. The molecule has 0 spiro atoms. The number of fused-ring (bicyclic) bond motifs is 13. The topological polar surface area (TPSA) is 36.1 Å². The molecule has 0 unspecified atom stereocenters. The van der Waals surface area contributed by atoms with Gasteiger partial charge in [-0.25, -0.2) is 0 Å². The van der Waals surface area contributed by atoms with Crippen molar-refractivity contribution in [3.05, 3.63) is 194 Å². The Bertz CT molecular complexity index is 3750. The van der Waals surface area contributed by atoms with Crippen LogP contribution >= 0.6 is 0 Å². The summed E-state index contributed by atoms with van der Waals surface area (Å²) >= 11 is 0. The van der Waals surface area contributed by atoms with Crippen LogP contribution in [0.15, 0.2) is 203 Å². The Morgan fingerprint density at radius 3 is 1.48 bits per heavy atom. The van der Waals surface area contributed by atoms with Crippen molar-refractivity contribution in [1.82, 2.24) is 9.13 Å². The van der Waals surface area contributed by atoms with Gasteiger partial charge in [-0.2, -0.15) is 0 Å². The first-order chi connectivity index (χ1) is 28.7. The lowest BCUT2D eigenvalue weighted by Gasteiger charge is -2.10. The minimum Gasteiger partial charge on any atom is -0.456 e. The number of hydrogen-bond acceptors (Lipinski definition) is 2. The second-order valence-electron chi connectivity index (χ2n) is 15.3. The van der Waals surface area contributed by atoms with Gasteiger partial charge in [-0.1, -0.05) is 103 Å². The number of nitrogens with zero attached hydrogens (tertiary/aromatic N) is 2. The zero-order valence-electron chi connectivity index (χ0n) is 31.2. The molecule has 0 aliphatic carbocycles. The molecule has 0 aliphatic heterocycles. The summed E-state index contributed by atoms with van der Waals surface area (Å²) in [6, 6.07) is 69.5. The van der Waals surface area contributed by atoms with Crippen molar-refractivity contribution in [2.75, 3.05) is 0 Å². The van der Waals surface area contributed by atoms with Crippen LogP contribution in [0, 0.1) is 0 Å². The van der Waals surface area contributed by atoms with E-state index >= 15 is 0 Å². The van der Waals surface area contributed by atoms with Crippen LogP contribution in [-0.2, 0) is 0 Å². The van der Waals surface area contributed by atoms with E-state index in [9.17, 15) is 0 Å². The second-order valence-corrected chi connectivity index (χ2v) is 15.3. The van der Waals surface area contributed by atoms with Gasteiger partial charge in [0.25, 0.3) is 0 Å². The van der Waals surface area contributed by atoms with E-state index in [-0.39, 0.29) is 0 Å². The molecule has 0 aliphatic rings. The van der Waals surface area contributed by atoms with Gasteiger partial charge in [-0.3, -0.25) is 0 Å². The van der Waals surface area contributed by atoms with E-state index < -0.39 is 0 Å². The van der Waals surface area contributed by atoms with Gasteiger partial charge in [0.2, 0.25) is 0 Å². The minimum atomic E-state index is 0.818. The lowest BCUT2D eigenvalue weighted by molar-refractivity contribution is 0.663. The number of para-hydroxylation sites is 4. The van der Waals surface area contributed by atoms with E-state index in [1.54, 1.807) is 0 Å². The molecule has 9 aromatic carbocycles. The number of rotatable bonds is 4. The Hall–Kier alpha value is -7.82. The van der Waals surface area contributed by atoms with E-state index in [1.165, 1.54) is 49.2 Å². The Balaban J connectivity index is 0.941. The first-order valence-electron chi connectivity index (χ1n) is 19.7. The maximum absolute atomic E-state index is 6.73. The molecule has 0 fully saturated rings. The van der Waals surface area contributed by atoms with Gasteiger partial charge in [0, 0.05) is 49.1 Å². The van der Waals surface area contributed by atoms with Crippen molar-refractivity contribution >= 4 is 87.5 Å². The molecule has 4 heterocycles. The van der Waals surface area contributed by atoms with E-state index in [0.29, 0.717) is 0 Å². The first-order valence-corrected chi connectivity index (χ1v) is 19.7. The molecule has 0 N–H and O–H groups in total. The molecular formula is C54H32N2O2. The molecule has 0 atom stereocenters. The maximum atomic E-state index is 6.73. The second kappa shape index (κ2) is 11.8. The van der Waals surface area contributed by atoms with Crippen LogP contribution in [0.25, 0.3) is 121 Å². The van der Waals surface area contributed by atoms with Gasteiger partial charge >= 0.3 is 0 Å². The van der Waals surface area contributed by atoms with Crippen molar-refractivity contribution in [1.29, 1.82) is 0 Å². The van der Waals surface area contributed by atoms with Crippen LogP contribution in [-0.4, -0.2) is 9.13 Å². The molecule has 58 heavy (non-hydrogen) atoms. The van der Waals surface area contributed by atoms with Gasteiger partial charge in [0.1, 0.15) is 22.3 Å². The number of furan rings is 2. The minimum absolute atomic E-state index is 0.818. The van der Waals surface area contributed by atoms with Crippen LogP contribution in [0.2, 0.25) is 0 Å². The summed E-state index contributed by atoms with van der Waals surface area (Å²) in [5, 5.41) is 9.19. The van der Waals surface area contributed by atoms with Crippen molar-refractivity contribution < 1.29 is 8.83 Å². The predicted molar refractivity (Wildman–Crippen MR) is 241 cm³/mol. The highest BCUT2D eigenvalue weighted by Gasteiger charge is 2.19. The summed E-state index contributed by atoms with van der Waals surface area (Å²) in [6.07, 6.45) is 0. The van der Waals surface area contributed by atoms with Crippen LogP contribution in [0.3, 0.4) is 0 Å². The standard InChI is InChI=1S/C54H32N2O2/c1-2-12-37(13-3-1)55-48-20-9-6-17-41(48)43-30-34(21-25-49(43)55)35-22-26-50-44(31-35)42-24-28-52-53(54(42)58-50)45-32-36(23-27-51(45)57-52)33-11-10-14-38(29-33)56-46-18-7-4-15-39(46)40-16-5-8-19-47(40)56/h1-32H. The fraction of sp³-hybridized carbons (Fsp3) is 0. The van der Waals surface area contributed by atoms with E-state index in [1.807, 2.05) is 0 Å². The summed E-state index contributed by atoms with van der Waals surface area (Å²) in [4.78, 5) is 0. The number of benzene rings is 9. The van der Waals surface area contributed by atoms with Crippen molar-refractivity contribution in [3.63, 3.8) is 0 Å². The summed E-state index contributed by atoms with van der Waals surface area (Å²) < 4.78 is 17.9. The van der Waals surface area contributed by atoms with Crippen LogP contribution in [0.1, 0.15) is 0 Å². The normalized spacial score (nSPS) is 12.1. The molecule has 0 amide bonds. The van der Waals surface area contributed by atoms with E-state index in [2.05, 4.69) is 203 Å². The molecule has 270 valence electrons. The smallest absolute Gasteiger partial charge is 0.147 e. The molecule has 0 saturated heterocycles. The number of hydrogen-bond donors (Lipinski definition) is 0. The summed E-state index contributed by atoms with van der Waals surface area (Å²) in [5.74, 6) is 0. The SMILES string of the molecule is c1ccc(-n2c3ccccc3c3cc(-c4ccc5oc6c(ccc7oc8ccc(-c9cccc(-n%10c%11ccccc%11c%11ccccc%11%10)c9)cc8c76)c5c4)ccc32)cc1. The van der Waals surface area contributed by atoms with E-state index in [0.717, 1.165) is 71.9 Å². The third kappa shape index (κ3) is 4.45. The molecule has 0 saturated carbocycles. The summed E-state index contributed by atoms with van der Waals surface area (Å²) in [5.41, 5.74) is 15.0. The number of aromatic nitrogens is 2. The highest BCUT2D eigenvalue weighted by molar-refractivity contribution is 6.23. The molecule has 4 aromatic heterocycles. The molecule has 4 nitrogen and oxygen atoms in total. The molecule has 4 heteroatoms. The lowest BCUT2D eigenvalue weighted by atomic mass is 9.99. The fourth-order valence-corrected chi connectivity index (χ4v) is 9.49. The zero-order chi connectivity index (χ0) is 37.9. The summed E-state index contributed by atoms with van der Waals surface area (Å²) in [6.45, 7) is 0. The van der Waals surface area contributed by atoms with Crippen molar-refractivity contribution in [2.45, 2.75) is 0 Å². The fourth-order valence-electron chi connectivity index (χ4n) is 9.49. The highest BCUT2D eigenvalue weighted by Crippen LogP contribution is 2.43. The zero-order valence-corrected chi connectivity index (χ0v) is 31.2. The molecular weight excluding hydrogens is 709 g/mol. The van der Waals surface area contributed by atoms with Gasteiger partial charge in [-0.05, 0) is 113 Å². The monoisotopic (exact) mass is 740 g/mol. The Morgan fingerprint density at radius 1 is 0.276 bits per heavy atom. The van der Waals surface area contributed by atoms with Crippen LogP contribution < -0.4 is 0 Å².